The Kier molecular flexibility index (Phi) is 6.44. The number of benzene rings is 1. The highest BCUT2D eigenvalue weighted by molar-refractivity contribution is 5.84. The molecule has 1 aromatic carbocycles. The van der Waals surface area contributed by atoms with Crippen LogP contribution in [0.4, 0.5) is 0 Å². The van der Waals surface area contributed by atoms with Gasteiger partial charge in [-0.3, -0.25) is 4.79 Å². The fraction of sp³-hybridized carbons (Fsp3) is 0.556. The highest BCUT2D eigenvalue weighted by Gasteiger charge is 2.32. The molecule has 1 fully saturated rings. The van der Waals surface area contributed by atoms with E-state index >= 15 is 0 Å². The third-order valence-corrected chi connectivity index (χ3v) is 4.18. The SMILES string of the molecule is CCOc1ccccc1CCC(=O)N1CCCCC1C(=O)OC. The van der Waals surface area contributed by atoms with E-state index in [-0.39, 0.29) is 11.9 Å². The molecular formula is C18H25NO4. The molecule has 1 aliphatic rings. The topological polar surface area (TPSA) is 55.8 Å². The number of ether oxygens (including phenoxy) is 2. The van der Waals surface area contributed by atoms with Crippen LogP contribution in [0.1, 0.15) is 38.2 Å². The second-order valence-corrected chi connectivity index (χ2v) is 5.66. The highest BCUT2D eigenvalue weighted by atomic mass is 16.5. The zero-order chi connectivity index (χ0) is 16.7. The summed E-state index contributed by atoms with van der Waals surface area (Å²) in [5.74, 6) is 0.519. The van der Waals surface area contributed by atoms with Crippen molar-refractivity contribution < 1.29 is 19.1 Å². The number of likely N-dealkylation sites (tertiary alicyclic amines) is 1. The molecule has 0 radical (unpaired) electrons. The molecule has 1 heterocycles. The van der Waals surface area contributed by atoms with E-state index in [0.717, 1.165) is 24.2 Å². The molecule has 126 valence electrons. The summed E-state index contributed by atoms with van der Waals surface area (Å²) in [4.78, 5) is 26.1. The van der Waals surface area contributed by atoms with Crippen molar-refractivity contribution in [3.05, 3.63) is 29.8 Å². The van der Waals surface area contributed by atoms with E-state index in [2.05, 4.69) is 0 Å². The highest BCUT2D eigenvalue weighted by Crippen LogP contribution is 2.22. The first-order valence-electron chi connectivity index (χ1n) is 8.25. The van der Waals surface area contributed by atoms with Crippen LogP contribution in [0.2, 0.25) is 0 Å². The first kappa shape index (κ1) is 17.3. The van der Waals surface area contributed by atoms with Gasteiger partial charge in [-0.15, -0.1) is 0 Å². The third kappa shape index (κ3) is 4.47. The quantitative estimate of drug-likeness (QED) is 0.756. The van der Waals surface area contributed by atoms with Crippen LogP contribution in [0.15, 0.2) is 24.3 Å². The van der Waals surface area contributed by atoms with Gasteiger partial charge in [0.15, 0.2) is 0 Å². The number of methoxy groups -OCH3 is 1. The van der Waals surface area contributed by atoms with E-state index in [1.54, 1.807) is 4.90 Å². The van der Waals surface area contributed by atoms with Crippen LogP contribution >= 0.6 is 0 Å². The first-order valence-corrected chi connectivity index (χ1v) is 8.25. The predicted molar refractivity (Wildman–Crippen MR) is 87.3 cm³/mol. The number of carbonyl (C=O) groups is 2. The van der Waals surface area contributed by atoms with E-state index < -0.39 is 6.04 Å². The summed E-state index contributed by atoms with van der Waals surface area (Å²) in [6, 6.07) is 7.34. The Labute approximate surface area is 137 Å². The molecule has 0 aliphatic carbocycles. The Morgan fingerprint density at radius 3 is 2.78 bits per heavy atom. The van der Waals surface area contributed by atoms with Crippen molar-refractivity contribution in [2.45, 2.75) is 45.1 Å². The minimum atomic E-state index is -0.427. The second-order valence-electron chi connectivity index (χ2n) is 5.66. The summed E-state index contributed by atoms with van der Waals surface area (Å²) in [5, 5.41) is 0. The zero-order valence-corrected chi connectivity index (χ0v) is 13.9. The molecule has 0 aromatic heterocycles. The largest absolute Gasteiger partial charge is 0.494 e. The van der Waals surface area contributed by atoms with Crippen LogP contribution in [-0.2, 0) is 20.7 Å². The van der Waals surface area contributed by atoms with Crippen molar-refractivity contribution in [2.75, 3.05) is 20.3 Å². The van der Waals surface area contributed by atoms with Gasteiger partial charge in [0.2, 0.25) is 5.91 Å². The molecular weight excluding hydrogens is 294 g/mol. The normalized spacial score (nSPS) is 17.7. The Morgan fingerprint density at radius 2 is 2.04 bits per heavy atom. The predicted octanol–water partition coefficient (Wildman–Crippen LogP) is 2.57. The Hall–Kier alpha value is -2.04. The van der Waals surface area contributed by atoms with Gasteiger partial charge >= 0.3 is 5.97 Å². The van der Waals surface area contributed by atoms with Gasteiger partial charge in [-0.1, -0.05) is 18.2 Å². The number of piperidine rings is 1. The van der Waals surface area contributed by atoms with E-state index in [9.17, 15) is 9.59 Å². The fourth-order valence-electron chi connectivity index (χ4n) is 3.00. The maximum Gasteiger partial charge on any atom is 0.328 e. The molecule has 1 unspecified atom stereocenters. The van der Waals surface area contributed by atoms with Crippen LogP contribution in [0.25, 0.3) is 0 Å². The standard InChI is InChI=1S/C18H25NO4/c1-3-23-16-10-5-4-8-14(16)11-12-17(20)19-13-7-6-9-15(19)18(21)22-2/h4-5,8,10,15H,3,6-7,9,11-13H2,1-2H3. The summed E-state index contributed by atoms with van der Waals surface area (Å²) in [5.41, 5.74) is 1.02. The van der Waals surface area contributed by atoms with Crippen molar-refractivity contribution in [2.24, 2.45) is 0 Å². The minimum Gasteiger partial charge on any atom is -0.494 e. The Morgan fingerprint density at radius 1 is 1.26 bits per heavy atom. The Balaban J connectivity index is 1.99. The fourth-order valence-corrected chi connectivity index (χ4v) is 3.00. The van der Waals surface area contributed by atoms with E-state index in [1.165, 1.54) is 7.11 Å². The van der Waals surface area contributed by atoms with Gasteiger partial charge in [-0.25, -0.2) is 4.79 Å². The van der Waals surface area contributed by atoms with E-state index in [1.807, 2.05) is 31.2 Å². The number of carbonyl (C=O) groups excluding carboxylic acids is 2. The molecule has 5 heteroatoms. The number of para-hydroxylation sites is 1. The molecule has 5 nitrogen and oxygen atoms in total. The average molecular weight is 319 g/mol. The van der Waals surface area contributed by atoms with Crippen molar-refractivity contribution in [1.29, 1.82) is 0 Å². The first-order chi connectivity index (χ1) is 11.2. The van der Waals surface area contributed by atoms with Crippen LogP contribution < -0.4 is 4.74 Å². The number of esters is 1. The van der Waals surface area contributed by atoms with Gasteiger partial charge < -0.3 is 14.4 Å². The number of rotatable bonds is 6. The van der Waals surface area contributed by atoms with Crippen molar-refractivity contribution >= 4 is 11.9 Å². The van der Waals surface area contributed by atoms with Gasteiger partial charge in [0.25, 0.3) is 0 Å². The summed E-state index contributed by atoms with van der Waals surface area (Å²) in [6.07, 6.45) is 3.57. The smallest absolute Gasteiger partial charge is 0.328 e. The third-order valence-electron chi connectivity index (χ3n) is 4.18. The van der Waals surface area contributed by atoms with Gasteiger partial charge in [0, 0.05) is 13.0 Å². The molecule has 1 aliphatic heterocycles. The number of nitrogens with zero attached hydrogens (tertiary/aromatic N) is 1. The van der Waals surface area contributed by atoms with Gasteiger partial charge in [0.05, 0.1) is 13.7 Å². The number of hydrogen-bond acceptors (Lipinski definition) is 4. The van der Waals surface area contributed by atoms with Gasteiger partial charge in [0.1, 0.15) is 11.8 Å². The molecule has 0 spiro atoms. The van der Waals surface area contributed by atoms with Crippen LogP contribution in [0, 0.1) is 0 Å². The maximum atomic E-state index is 12.5. The minimum absolute atomic E-state index is 0.00593. The second kappa shape index (κ2) is 8.56. The van der Waals surface area contributed by atoms with Gasteiger partial charge in [-0.05, 0) is 44.2 Å². The van der Waals surface area contributed by atoms with Gasteiger partial charge in [-0.2, -0.15) is 0 Å². The lowest BCUT2D eigenvalue weighted by molar-refractivity contribution is -0.154. The summed E-state index contributed by atoms with van der Waals surface area (Å²) in [6.45, 7) is 3.17. The Bertz CT molecular complexity index is 544. The van der Waals surface area contributed by atoms with Crippen LogP contribution in [0.3, 0.4) is 0 Å². The molecule has 2 rings (SSSR count). The summed E-state index contributed by atoms with van der Waals surface area (Å²) < 4.78 is 10.4. The number of amides is 1. The molecule has 1 atom stereocenters. The van der Waals surface area contributed by atoms with Crippen molar-refractivity contribution in [1.82, 2.24) is 4.90 Å². The average Bonchev–Trinajstić information content (AvgIpc) is 2.60. The van der Waals surface area contributed by atoms with E-state index in [4.69, 9.17) is 9.47 Å². The lowest BCUT2D eigenvalue weighted by Crippen LogP contribution is -2.48. The monoisotopic (exact) mass is 319 g/mol. The summed E-state index contributed by atoms with van der Waals surface area (Å²) >= 11 is 0. The summed E-state index contributed by atoms with van der Waals surface area (Å²) in [7, 11) is 1.37. The number of hydrogen-bond donors (Lipinski definition) is 0. The molecule has 23 heavy (non-hydrogen) atoms. The van der Waals surface area contributed by atoms with E-state index in [0.29, 0.717) is 32.4 Å². The molecule has 0 N–H and O–H groups in total. The van der Waals surface area contributed by atoms with Crippen LogP contribution in [0.5, 0.6) is 5.75 Å². The molecule has 1 amide bonds. The van der Waals surface area contributed by atoms with Crippen molar-refractivity contribution in [3.63, 3.8) is 0 Å². The maximum absolute atomic E-state index is 12.5. The molecule has 1 saturated heterocycles. The molecule has 0 bridgehead atoms. The number of aryl methyl sites for hydroxylation is 1. The lowest BCUT2D eigenvalue weighted by atomic mass is 10.0. The van der Waals surface area contributed by atoms with Crippen LogP contribution in [-0.4, -0.2) is 43.1 Å². The zero-order valence-electron chi connectivity index (χ0n) is 13.9. The lowest BCUT2D eigenvalue weighted by Gasteiger charge is -2.33. The molecule has 0 saturated carbocycles. The molecule has 1 aromatic rings. The van der Waals surface area contributed by atoms with Crippen molar-refractivity contribution in [3.8, 4) is 5.75 Å².